The van der Waals surface area contributed by atoms with Gasteiger partial charge in [0.2, 0.25) is 0 Å². The van der Waals surface area contributed by atoms with Crippen LogP contribution >= 0.6 is 31.9 Å². The van der Waals surface area contributed by atoms with Gasteiger partial charge in [-0.05, 0) is 165 Å². The van der Waals surface area contributed by atoms with Crippen molar-refractivity contribution in [2.45, 2.75) is 112 Å². The first kappa shape index (κ1) is 48.9. The van der Waals surface area contributed by atoms with Crippen molar-refractivity contribution in [1.29, 1.82) is 0 Å². The van der Waals surface area contributed by atoms with E-state index in [1.165, 1.54) is 55.6 Å². The molecular formula is C61H70Br2O4. The van der Waals surface area contributed by atoms with Crippen LogP contribution in [0, 0.1) is 23.7 Å². The Morgan fingerprint density at radius 2 is 0.642 bits per heavy atom. The number of hydrogen-bond donors (Lipinski definition) is 0. The maximum atomic E-state index is 6.92. The van der Waals surface area contributed by atoms with Crippen LogP contribution in [0.2, 0.25) is 0 Å². The number of ether oxygens (including phenoxy) is 4. The molecule has 0 saturated heterocycles. The highest BCUT2D eigenvalue weighted by atomic mass is 79.9. The Morgan fingerprint density at radius 1 is 0.358 bits per heavy atom. The lowest BCUT2D eigenvalue weighted by Crippen LogP contribution is -2.27. The molecule has 0 fully saturated rings. The van der Waals surface area contributed by atoms with Crippen molar-refractivity contribution in [2.24, 2.45) is 23.7 Å². The SMILES string of the molecule is CCC(C)COc1cc2c(cc1OCC(C)CC)C1(c3cc(CCc4ccc(Br)cc4)ccc3-c3ccc(CCc4ccc(Br)cc4)cc31)c1cc(OCC(C)CC)c(OCC(C)CC)cc1-2. The molecule has 6 aromatic rings. The van der Waals surface area contributed by atoms with Gasteiger partial charge in [-0.2, -0.15) is 0 Å². The van der Waals surface area contributed by atoms with Gasteiger partial charge in [-0.25, -0.2) is 0 Å². The molecule has 352 valence electrons. The summed E-state index contributed by atoms with van der Waals surface area (Å²) in [6, 6.07) is 41.4. The van der Waals surface area contributed by atoms with E-state index < -0.39 is 5.41 Å². The smallest absolute Gasteiger partial charge is 0.161 e. The minimum absolute atomic E-state index is 0.395. The molecular weight excluding hydrogens is 956 g/mol. The fourth-order valence-electron chi connectivity index (χ4n) is 9.37. The van der Waals surface area contributed by atoms with E-state index in [1.807, 2.05) is 0 Å². The number of halogens is 2. The Kier molecular flexibility index (Phi) is 15.9. The number of hydrogen-bond acceptors (Lipinski definition) is 4. The fourth-order valence-corrected chi connectivity index (χ4v) is 9.90. The third kappa shape index (κ3) is 10.6. The van der Waals surface area contributed by atoms with E-state index in [9.17, 15) is 0 Å². The molecule has 4 atom stereocenters. The van der Waals surface area contributed by atoms with Crippen molar-refractivity contribution >= 4 is 31.9 Å². The number of fused-ring (bicyclic) bond motifs is 10. The zero-order chi connectivity index (χ0) is 47.2. The van der Waals surface area contributed by atoms with Crippen molar-refractivity contribution in [2.75, 3.05) is 26.4 Å². The number of aryl methyl sites for hydroxylation is 4. The third-order valence-corrected chi connectivity index (χ3v) is 15.7. The molecule has 6 heteroatoms. The standard InChI is InChI=1S/C61H70Br2O4/c1-9-39(5)35-64-57-31-51-52-32-58(65-36-40(6)10-2)60(67-38-42(8)12-4)34-56(52)61(55(51)33-59(57)66-37-41(7)11-3)53-29-45(15-13-43-17-23-47(62)24-18-43)21-27-49(53)50-28-22-46(30-54(50)61)16-14-44-19-25-48(63)26-20-44/h17-34,39-42H,9-16,35-38H2,1-8H3. The molecule has 0 heterocycles. The van der Waals surface area contributed by atoms with Crippen LogP contribution in [0.3, 0.4) is 0 Å². The molecule has 0 bridgehead atoms. The van der Waals surface area contributed by atoms with Gasteiger partial charge in [-0.1, -0.05) is 174 Å². The van der Waals surface area contributed by atoms with E-state index in [0.29, 0.717) is 50.1 Å². The van der Waals surface area contributed by atoms with E-state index in [-0.39, 0.29) is 0 Å². The lowest BCUT2D eigenvalue weighted by molar-refractivity contribution is 0.217. The second-order valence-electron chi connectivity index (χ2n) is 19.7. The molecule has 0 saturated carbocycles. The lowest BCUT2D eigenvalue weighted by atomic mass is 9.70. The number of benzene rings is 6. The van der Waals surface area contributed by atoms with Crippen LogP contribution in [-0.4, -0.2) is 26.4 Å². The minimum atomic E-state index is -0.663. The van der Waals surface area contributed by atoms with E-state index >= 15 is 0 Å². The Labute approximate surface area is 418 Å². The molecule has 67 heavy (non-hydrogen) atoms. The first-order valence-electron chi connectivity index (χ1n) is 25.1. The molecule has 6 aromatic carbocycles. The van der Waals surface area contributed by atoms with Crippen LogP contribution in [0.25, 0.3) is 22.3 Å². The van der Waals surface area contributed by atoms with Gasteiger partial charge in [0.15, 0.2) is 23.0 Å². The van der Waals surface area contributed by atoms with E-state index in [1.54, 1.807) is 0 Å². The third-order valence-electron chi connectivity index (χ3n) is 14.6. The topological polar surface area (TPSA) is 36.9 Å². The molecule has 0 N–H and O–H groups in total. The van der Waals surface area contributed by atoms with Gasteiger partial charge >= 0.3 is 0 Å². The summed E-state index contributed by atoms with van der Waals surface area (Å²) in [6.45, 7) is 20.4. The summed E-state index contributed by atoms with van der Waals surface area (Å²) in [5.74, 6) is 4.82. The largest absolute Gasteiger partial charge is 0.489 e. The molecule has 4 nitrogen and oxygen atoms in total. The molecule has 2 aliphatic carbocycles. The van der Waals surface area contributed by atoms with Crippen molar-refractivity contribution in [1.82, 2.24) is 0 Å². The average molecular weight is 1030 g/mol. The van der Waals surface area contributed by atoms with Crippen molar-refractivity contribution in [3.63, 3.8) is 0 Å². The predicted octanol–water partition coefficient (Wildman–Crippen LogP) is 16.8. The molecule has 0 aliphatic heterocycles. The highest BCUT2D eigenvalue weighted by Crippen LogP contribution is 2.65. The van der Waals surface area contributed by atoms with Crippen LogP contribution in [0.4, 0.5) is 0 Å². The summed E-state index contributed by atoms with van der Waals surface area (Å²) in [4.78, 5) is 0. The van der Waals surface area contributed by atoms with E-state index in [0.717, 1.165) is 94.4 Å². The van der Waals surface area contributed by atoms with Crippen LogP contribution in [0.1, 0.15) is 126 Å². The second-order valence-corrected chi connectivity index (χ2v) is 21.6. The minimum Gasteiger partial charge on any atom is -0.489 e. The first-order valence-corrected chi connectivity index (χ1v) is 26.7. The summed E-state index contributed by atoms with van der Waals surface area (Å²) in [5, 5.41) is 0. The maximum absolute atomic E-state index is 6.92. The van der Waals surface area contributed by atoms with Gasteiger partial charge in [0.1, 0.15) is 0 Å². The van der Waals surface area contributed by atoms with Gasteiger partial charge in [-0.15, -0.1) is 0 Å². The summed E-state index contributed by atoms with van der Waals surface area (Å²) in [6.07, 6.45) is 7.91. The van der Waals surface area contributed by atoms with Crippen molar-refractivity contribution < 1.29 is 18.9 Å². The summed E-state index contributed by atoms with van der Waals surface area (Å²) >= 11 is 7.28. The highest BCUT2D eigenvalue weighted by molar-refractivity contribution is 9.10. The molecule has 1 spiro atoms. The fraction of sp³-hybridized carbons (Fsp3) is 0.410. The van der Waals surface area contributed by atoms with E-state index in [2.05, 4.69) is 196 Å². The molecule has 4 unspecified atom stereocenters. The van der Waals surface area contributed by atoms with Gasteiger partial charge < -0.3 is 18.9 Å². The van der Waals surface area contributed by atoms with E-state index in [4.69, 9.17) is 18.9 Å². The van der Waals surface area contributed by atoms with Crippen molar-refractivity contribution in [3.05, 3.63) is 163 Å². The van der Waals surface area contributed by atoms with Crippen LogP contribution in [0.15, 0.2) is 118 Å². The maximum Gasteiger partial charge on any atom is 0.161 e. The summed E-state index contributed by atoms with van der Waals surface area (Å²) < 4.78 is 29.7. The molecule has 0 radical (unpaired) electrons. The molecule has 0 aromatic heterocycles. The number of rotatable bonds is 22. The zero-order valence-corrected chi connectivity index (χ0v) is 44.2. The van der Waals surface area contributed by atoms with Gasteiger partial charge in [0.05, 0.1) is 31.8 Å². The lowest BCUT2D eigenvalue weighted by Gasteiger charge is -2.32. The first-order chi connectivity index (χ1) is 32.4. The summed E-state index contributed by atoms with van der Waals surface area (Å²) in [7, 11) is 0. The average Bonchev–Trinajstić information content (AvgIpc) is 3.79. The Hall–Kier alpha value is -4.52. The Morgan fingerprint density at radius 3 is 0.970 bits per heavy atom. The van der Waals surface area contributed by atoms with Crippen LogP contribution in [-0.2, 0) is 31.1 Å². The molecule has 8 rings (SSSR count). The van der Waals surface area contributed by atoms with Crippen LogP contribution < -0.4 is 18.9 Å². The van der Waals surface area contributed by atoms with Gasteiger partial charge in [0, 0.05) is 8.95 Å². The van der Waals surface area contributed by atoms with Gasteiger partial charge in [-0.3, -0.25) is 0 Å². The Bertz CT molecular complexity index is 2450. The zero-order valence-electron chi connectivity index (χ0n) is 41.1. The predicted molar refractivity (Wildman–Crippen MR) is 286 cm³/mol. The van der Waals surface area contributed by atoms with Crippen molar-refractivity contribution in [3.8, 4) is 45.3 Å². The molecule has 2 aliphatic rings. The monoisotopic (exact) mass is 1020 g/mol. The molecule has 0 amide bonds. The Balaban J connectivity index is 1.39. The quantitative estimate of drug-likeness (QED) is 0.0678. The van der Waals surface area contributed by atoms with Gasteiger partial charge in [0.25, 0.3) is 0 Å². The normalized spacial score (nSPS) is 14.7. The highest BCUT2D eigenvalue weighted by Gasteiger charge is 2.53. The summed E-state index contributed by atoms with van der Waals surface area (Å²) in [5.41, 5.74) is 14.6. The second kappa shape index (κ2) is 21.8. The van der Waals surface area contributed by atoms with Crippen LogP contribution in [0.5, 0.6) is 23.0 Å².